The summed E-state index contributed by atoms with van der Waals surface area (Å²) in [6, 6.07) is 3.25. The fourth-order valence-corrected chi connectivity index (χ4v) is 2.90. The Balaban J connectivity index is 2.55. The minimum atomic E-state index is -0.526. The largest absolute Gasteiger partial charge is 0.455 e. The molecule has 1 aromatic heterocycles. The van der Waals surface area contributed by atoms with Gasteiger partial charge < -0.3 is 15.0 Å². The molecule has 0 aliphatic rings. The zero-order valence-electron chi connectivity index (χ0n) is 14.3. The Kier molecular flexibility index (Phi) is 8.18. The zero-order chi connectivity index (χ0) is 18.1. The molecule has 0 bridgehead atoms. The molecule has 2 amide bonds. The molecule has 0 aromatic carbocycles. The van der Waals surface area contributed by atoms with Crippen molar-refractivity contribution in [3.8, 4) is 0 Å². The monoisotopic (exact) mass is 352 g/mol. The number of ether oxygens (including phenoxy) is 1. The summed E-state index contributed by atoms with van der Waals surface area (Å²) in [6.07, 6.45) is -0.0139. The molecule has 0 aliphatic carbocycles. The van der Waals surface area contributed by atoms with E-state index in [1.54, 1.807) is 4.90 Å². The fraction of sp³-hybridized carbons (Fsp3) is 0.471. The fourth-order valence-electron chi connectivity index (χ4n) is 2.12. The van der Waals surface area contributed by atoms with Crippen molar-refractivity contribution in [2.45, 2.75) is 33.2 Å². The molecule has 0 aliphatic heterocycles. The van der Waals surface area contributed by atoms with Gasteiger partial charge in [-0.2, -0.15) is 0 Å². The summed E-state index contributed by atoms with van der Waals surface area (Å²) in [7, 11) is 0. The molecule has 0 saturated carbocycles. The summed E-state index contributed by atoms with van der Waals surface area (Å²) in [6.45, 7) is 9.51. The van der Waals surface area contributed by atoms with Crippen molar-refractivity contribution in [3.63, 3.8) is 0 Å². The van der Waals surface area contributed by atoms with E-state index >= 15 is 0 Å². The second kappa shape index (κ2) is 9.87. The molecule has 1 heterocycles. The van der Waals surface area contributed by atoms with Crippen LogP contribution in [0, 0.1) is 0 Å². The van der Waals surface area contributed by atoms with Crippen LogP contribution in [0.15, 0.2) is 29.7 Å². The van der Waals surface area contributed by atoms with Gasteiger partial charge in [-0.1, -0.05) is 18.2 Å². The predicted octanol–water partition coefficient (Wildman–Crippen LogP) is 2.28. The molecule has 1 unspecified atom stereocenters. The van der Waals surface area contributed by atoms with Crippen molar-refractivity contribution in [1.82, 2.24) is 10.2 Å². The van der Waals surface area contributed by atoms with Crippen LogP contribution < -0.4 is 5.32 Å². The van der Waals surface area contributed by atoms with Crippen LogP contribution in [0.2, 0.25) is 0 Å². The molecule has 6 nitrogen and oxygen atoms in total. The van der Waals surface area contributed by atoms with Gasteiger partial charge in [0.15, 0.2) is 6.61 Å². The number of carbonyl (C=O) groups excluding carboxylic acids is 3. The second-order valence-corrected chi connectivity index (χ2v) is 6.48. The lowest BCUT2D eigenvalue weighted by atomic mass is 10.1. The number of amides is 2. The predicted molar refractivity (Wildman–Crippen MR) is 93.5 cm³/mol. The van der Waals surface area contributed by atoms with Gasteiger partial charge in [-0.05, 0) is 25.3 Å². The van der Waals surface area contributed by atoms with Gasteiger partial charge in [0, 0.05) is 24.9 Å². The maximum atomic E-state index is 12.0. The van der Waals surface area contributed by atoms with Crippen molar-refractivity contribution in [1.29, 1.82) is 0 Å². The quantitative estimate of drug-likeness (QED) is 0.546. The number of likely N-dealkylation sites (N-methyl/N-ethyl adjacent to an activating group) is 1. The maximum absolute atomic E-state index is 12.0. The van der Waals surface area contributed by atoms with Crippen LogP contribution in [0.25, 0.3) is 0 Å². The van der Waals surface area contributed by atoms with Gasteiger partial charge in [0.05, 0.1) is 12.5 Å². The molecule has 1 rings (SSSR count). The summed E-state index contributed by atoms with van der Waals surface area (Å²) < 4.78 is 5.07. The van der Waals surface area contributed by atoms with Crippen molar-refractivity contribution in [2.75, 3.05) is 19.7 Å². The number of esters is 1. The van der Waals surface area contributed by atoms with E-state index in [0.29, 0.717) is 13.1 Å². The Morgan fingerprint density at radius 3 is 2.58 bits per heavy atom. The maximum Gasteiger partial charge on any atom is 0.308 e. The Labute approximate surface area is 146 Å². The highest BCUT2D eigenvalue weighted by molar-refractivity contribution is 7.10. The summed E-state index contributed by atoms with van der Waals surface area (Å²) in [4.78, 5) is 37.8. The number of carbonyl (C=O) groups is 3. The lowest BCUT2D eigenvalue weighted by Crippen LogP contribution is -2.36. The van der Waals surface area contributed by atoms with Crippen LogP contribution in [0.3, 0.4) is 0 Å². The van der Waals surface area contributed by atoms with Gasteiger partial charge in [0.1, 0.15) is 0 Å². The van der Waals surface area contributed by atoms with E-state index in [4.69, 9.17) is 4.74 Å². The Morgan fingerprint density at radius 2 is 2.08 bits per heavy atom. The molecule has 1 aromatic rings. The van der Waals surface area contributed by atoms with Crippen molar-refractivity contribution < 1.29 is 19.1 Å². The molecule has 1 N–H and O–H groups in total. The van der Waals surface area contributed by atoms with Crippen molar-refractivity contribution >= 4 is 29.1 Å². The number of rotatable bonds is 9. The minimum Gasteiger partial charge on any atom is -0.455 e. The average Bonchev–Trinajstić information content (AvgIpc) is 3.03. The number of nitrogens with one attached hydrogen (secondary N) is 1. The Bertz CT molecular complexity index is 583. The normalized spacial score (nSPS) is 11.5. The summed E-state index contributed by atoms with van der Waals surface area (Å²) >= 11 is 1.45. The van der Waals surface area contributed by atoms with Crippen LogP contribution in [0.5, 0.6) is 0 Å². The van der Waals surface area contributed by atoms with Crippen molar-refractivity contribution in [2.24, 2.45) is 0 Å². The average molecular weight is 352 g/mol. The first kappa shape index (κ1) is 19.9. The Morgan fingerprint density at radius 1 is 1.38 bits per heavy atom. The van der Waals surface area contributed by atoms with Crippen LogP contribution in [-0.4, -0.2) is 42.4 Å². The SMILES string of the molecule is C=C(C)CN(CC)C(=O)COC(=O)CC(NC(C)=O)c1cccs1. The van der Waals surface area contributed by atoms with Crippen LogP contribution in [0.4, 0.5) is 0 Å². The van der Waals surface area contributed by atoms with E-state index in [0.717, 1.165) is 10.5 Å². The first-order valence-corrected chi connectivity index (χ1v) is 8.59. The standard InChI is InChI=1S/C17H24N2O4S/c1-5-19(10-12(2)3)16(21)11-23-17(22)9-14(18-13(4)20)15-7-6-8-24-15/h6-8,14H,2,5,9-11H2,1,3-4H3,(H,18,20). The second-order valence-electron chi connectivity index (χ2n) is 5.50. The molecular weight excluding hydrogens is 328 g/mol. The molecule has 0 saturated heterocycles. The summed E-state index contributed by atoms with van der Waals surface area (Å²) in [5.41, 5.74) is 0.861. The molecule has 0 radical (unpaired) electrons. The number of hydrogen-bond donors (Lipinski definition) is 1. The third-order valence-corrected chi connectivity index (χ3v) is 4.17. The molecule has 0 spiro atoms. The van der Waals surface area contributed by atoms with Gasteiger partial charge in [0.2, 0.25) is 5.91 Å². The molecule has 132 valence electrons. The van der Waals surface area contributed by atoms with Gasteiger partial charge in [-0.3, -0.25) is 14.4 Å². The first-order chi connectivity index (χ1) is 11.3. The van der Waals surface area contributed by atoms with E-state index in [1.807, 2.05) is 31.4 Å². The van der Waals surface area contributed by atoms with Crippen LogP contribution in [-0.2, 0) is 19.1 Å². The lowest BCUT2D eigenvalue weighted by molar-refractivity contribution is -0.152. The third kappa shape index (κ3) is 6.95. The van der Waals surface area contributed by atoms with Crippen LogP contribution in [0.1, 0.15) is 38.1 Å². The number of hydrogen-bond acceptors (Lipinski definition) is 5. The van der Waals surface area contributed by atoms with E-state index in [9.17, 15) is 14.4 Å². The van der Waals surface area contributed by atoms with E-state index in [1.165, 1.54) is 18.3 Å². The van der Waals surface area contributed by atoms with E-state index < -0.39 is 12.0 Å². The lowest BCUT2D eigenvalue weighted by Gasteiger charge is -2.21. The molecule has 0 fully saturated rings. The molecular formula is C17H24N2O4S. The van der Waals surface area contributed by atoms with Crippen LogP contribution >= 0.6 is 11.3 Å². The number of nitrogens with zero attached hydrogens (tertiary/aromatic N) is 1. The minimum absolute atomic E-state index is 0.0139. The van der Waals surface area contributed by atoms with E-state index in [2.05, 4.69) is 11.9 Å². The molecule has 1 atom stereocenters. The third-order valence-electron chi connectivity index (χ3n) is 3.19. The van der Waals surface area contributed by atoms with Gasteiger partial charge in [-0.15, -0.1) is 11.3 Å². The highest BCUT2D eigenvalue weighted by Crippen LogP contribution is 2.22. The summed E-state index contributed by atoms with van der Waals surface area (Å²) in [5.74, 6) is -1.01. The number of thiophene rings is 1. The first-order valence-electron chi connectivity index (χ1n) is 7.71. The smallest absolute Gasteiger partial charge is 0.308 e. The highest BCUT2D eigenvalue weighted by Gasteiger charge is 2.20. The van der Waals surface area contributed by atoms with Gasteiger partial charge in [-0.25, -0.2) is 0 Å². The molecule has 24 heavy (non-hydrogen) atoms. The molecule has 7 heteroatoms. The van der Waals surface area contributed by atoms with Gasteiger partial charge in [0.25, 0.3) is 5.91 Å². The highest BCUT2D eigenvalue weighted by atomic mass is 32.1. The topological polar surface area (TPSA) is 75.7 Å². The van der Waals surface area contributed by atoms with Crippen molar-refractivity contribution in [3.05, 3.63) is 34.5 Å². The van der Waals surface area contributed by atoms with E-state index in [-0.39, 0.29) is 24.8 Å². The zero-order valence-corrected chi connectivity index (χ0v) is 15.1. The Hall–Kier alpha value is -2.15. The van der Waals surface area contributed by atoms with Gasteiger partial charge >= 0.3 is 5.97 Å². The summed E-state index contributed by atoms with van der Waals surface area (Å²) in [5, 5.41) is 4.60.